The lowest BCUT2D eigenvalue weighted by atomic mass is 10.0. The van der Waals surface area contributed by atoms with Crippen LogP contribution in [0.5, 0.6) is 0 Å². The molecule has 0 saturated carbocycles. The molecule has 0 spiro atoms. The van der Waals surface area contributed by atoms with Gasteiger partial charge in [-0.15, -0.1) is 0 Å². The molecule has 0 aromatic carbocycles. The van der Waals surface area contributed by atoms with Crippen LogP contribution in [-0.2, 0) is 14.3 Å². The lowest BCUT2D eigenvalue weighted by molar-refractivity contribution is -0.143. The zero-order chi connectivity index (χ0) is 40.8. The van der Waals surface area contributed by atoms with Gasteiger partial charge in [-0.2, -0.15) is 0 Å². The van der Waals surface area contributed by atoms with E-state index >= 15 is 0 Å². The lowest BCUT2D eigenvalue weighted by Crippen LogP contribution is -2.45. The molecule has 0 aliphatic carbocycles. The van der Waals surface area contributed by atoms with Crippen LogP contribution in [0.25, 0.3) is 0 Å². The Morgan fingerprint density at radius 2 is 0.929 bits per heavy atom. The number of hydrogen-bond donors (Lipinski definition) is 3. The summed E-state index contributed by atoms with van der Waals surface area (Å²) in [5.74, 6) is -0.0695. The third-order valence-electron chi connectivity index (χ3n) is 10.9. The molecule has 0 saturated heterocycles. The Kier molecular flexibility index (Phi) is 44.2. The summed E-state index contributed by atoms with van der Waals surface area (Å²) in [6.45, 7) is 4.82. The highest BCUT2D eigenvalue weighted by atomic mass is 16.5. The van der Waals surface area contributed by atoms with E-state index in [2.05, 4.69) is 55.6 Å². The second-order valence-corrected chi connectivity index (χ2v) is 16.4. The molecule has 0 heterocycles. The Bertz CT molecular complexity index is 915. The molecular weight excluding hydrogens is 695 g/mol. The fourth-order valence-electron chi connectivity index (χ4n) is 7.14. The van der Waals surface area contributed by atoms with Crippen molar-refractivity contribution in [3.05, 3.63) is 36.5 Å². The van der Waals surface area contributed by atoms with Gasteiger partial charge in [0.15, 0.2) is 0 Å². The number of aliphatic hydroxyl groups is 2. The lowest BCUT2D eigenvalue weighted by Gasteiger charge is -2.22. The Labute approximate surface area is 347 Å². The van der Waals surface area contributed by atoms with Crippen LogP contribution in [0.1, 0.15) is 245 Å². The molecule has 3 N–H and O–H groups in total. The minimum absolute atomic E-state index is 0.0182. The van der Waals surface area contributed by atoms with Crippen LogP contribution in [0.15, 0.2) is 36.5 Å². The van der Waals surface area contributed by atoms with Gasteiger partial charge in [-0.1, -0.05) is 192 Å². The topological polar surface area (TPSA) is 95.9 Å². The van der Waals surface area contributed by atoms with Crippen molar-refractivity contribution in [3.63, 3.8) is 0 Å². The van der Waals surface area contributed by atoms with Crippen molar-refractivity contribution >= 4 is 11.9 Å². The number of amides is 1. The number of allylic oxidation sites excluding steroid dienone is 6. The Balaban J connectivity index is 3.46. The van der Waals surface area contributed by atoms with Crippen molar-refractivity contribution in [1.29, 1.82) is 0 Å². The minimum atomic E-state index is -0.670. The van der Waals surface area contributed by atoms with Gasteiger partial charge in [0.2, 0.25) is 5.91 Å². The first-order valence-electron chi connectivity index (χ1n) is 24.2. The van der Waals surface area contributed by atoms with Crippen molar-refractivity contribution in [2.75, 3.05) is 13.2 Å². The van der Waals surface area contributed by atoms with Gasteiger partial charge in [-0.25, -0.2) is 0 Å². The average Bonchev–Trinajstić information content (AvgIpc) is 3.20. The molecule has 6 nitrogen and oxygen atoms in total. The summed E-state index contributed by atoms with van der Waals surface area (Å²) in [4.78, 5) is 24.3. The molecule has 0 fully saturated rings. The summed E-state index contributed by atoms with van der Waals surface area (Å²) in [5, 5.41) is 23.0. The van der Waals surface area contributed by atoms with Gasteiger partial charge in [0.05, 0.1) is 25.4 Å². The van der Waals surface area contributed by atoms with E-state index in [0.29, 0.717) is 25.9 Å². The molecule has 0 radical (unpaired) electrons. The van der Waals surface area contributed by atoms with E-state index in [9.17, 15) is 19.8 Å². The molecule has 328 valence electrons. The number of carbonyl (C=O) groups excluding carboxylic acids is 2. The second kappa shape index (κ2) is 45.8. The number of hydrogen-bond acceptors (Lipinski definition) is 5. The van der Waals surface area contributed by atoms with Gasteiger partial charge in [0.1, 0.15) is 0 Å². The molecule has 0 aromatic heterocycles. The zero-order valence-electron chi connectivity index (χ0n) is 37.1. The molecule has 0 aromatic rings. The van der Waals surface area contributed by atoms with Crippen molar-refractivity contribution in [2.45, 2.75) is 257 Å². The van der Waals surface area contributed by atoms with Crippen LogP contribution in [0.2, 0.25) is 0 Å². The number of ether oxygens (including phenoxy) is 1. The fourth-order valence-corrected chi connectivity index (χ4v) is 7.14. The summed E-state index contributed by atoms with van der Waals surface area (Å²) in [7, 11) is 0. The molecule has 2 unspecified atom stereocenters. The maximum absolute atomic E-state index is 12.4. The van der Waals surface area contributed by atoms with Crippen LogP contribution >= 0.6 is 0 Å². The maximum atomic E-state index is 12.4. The van der Waals surface area contributed by atoms with Crippen LogP contribution in [0.3, 0.4) is 0 Å². The smallest absolute Gasteiger partial charge is 0.305 e. The van der Waals surface area contributed by atoms with Gasteiger partial charge in [0.25, 0.3) is 0 Å². The highest BCUT2D eigenvalue weighted by Gasteiger charge is 2.20. The van der Waals surface area contributed by atoms with Crippen LogP contribution < -0.4 is 5.32 Å². The summed E-state index contributed by atoms with van der Waals surface area (Å²) in [6.07, 6.45) is 54.0. The molecule has 0 rings (SSSR count). The molecule has 0 aliphatic rings. The number of carbonyl (C=O) groups is 2. The molecule has 2 atom stereocenters. The van der Waals surface area contributed by atoms with E-state index in [4.69, 9.17) is 4.74 Å². The van der Waals surface area contributed by atoms with Gasteiger partial charge in [0, 0.05) is 12.8 Å². The Morgan fingerprint density at radius 1 is 0.500 bits per heavy atom. The van der Waals surface area contributed by atoms with E-state index in [-0.39, 0.29) is 18.5 Å². The van der Waals surface area contributed by atoms with Crippen LogP contribution in [-0.4, -0.2) is 47.4 Å². The first-order valence-corrected chi connectivity index (χ1v) is 24.2. The van der Waals surface area contributed by atoms with Gasteiger partial charge in [-0.3, -0.25) is 9.59 Å². The first-order chi connectivity index (χ1) is 27.5. The largest absolute Gasteiger partial charge is 0.466 e. The summed E-state index contributed by atoms with van der Waals surface area (Å²) >= 11 is 0. The molecule has 56 heavy (non-hydrogen) atoms. The summed E-state index contributed by atoms with van der Waals surface area (Å²) < 4.78 is 5.44. The second-order valence-electron chi connectivity index (χ2n) is 16.4. The van der Waals surface area contributed by atoms with Gasteiger partial charge >= 0.3 is 5.97 Å². The summed E-state index contributed by atoms with van der Waals surface area (Å²) in [5.41, 5.74) is 0. The van der Waals surface area contributed by atoms with E-state index in [0.717, 1.165) is 64.2 Å². The number of aliphatic hydroxyl groups excluding tert-OH is 2. The minimum Gasteiger partial charge on any atom is -0.466 e. The molecule has 0 aliphatic heterocycles. The van der Waals surface area contributed by atoms with Crippen molar-refractivity contribution in [2.24, 2.45) is 0 Å². The molecule has 0 bridgehead atoms. The number of unbranched alkanes of at least 4 members (excludes halogenated alkanes) is 27. The predicted octanol–water partition coefficient (Wildman–Crippen LogP) is 14.1. The predicted molar refractivity (Wildman–Crippen MR) is 241 cm³/mol. The van der Waals surface area contributed by atoms with E-state index in [1.165, 1.54) is 148 Å². The fraction of sp³-hybridized carbons (Fsp3) is 0.840. The Morgan fingerprint density at radius 3 is 1.45 bits per heavy atom. The SMILES string of the molecule is CCC/C=C\C/C=C\CCCCCCCC(=O)OCCCCCCCC/C=C\CCCCCCCCCC(=O)NC(CO)C(O)CCCCCCCCCCC. The van der Waals surface area contributed by atoms with E-state index in [1.807, 2.05) is 0 Å². The zero-order valence-corrected chi connectivity index (χ0v) is 37.1. The van der Waals surface area contributed by atoms with Gasteiger partial charge < -0.3 is 20.3 Å². The normalized spacial score (nSPS) is 13.0. The average molecular weight is 788 g/mol. The first kappa shape index (κ1) is 54.1. The molecule has 1 amide bonds. The van der Waals surface area contributed by atoms with Crippen molar-refractivity contribution in [3.8, 4) is 0 Å². The molecular formula is C50H93NO5. The number of nitrogens with one attached hydrogen (secondary N) is 1. The number of esters is 1. The third kappa shape index (κ3) is 41.7. The third-order valence-corrected chi connectivity index (χ3v) is 10.9. The van der Waals surface area contributed by atoms with Crippen molar-refractivity contribution in [1.82, 2.24) is 5.32 Å². The highest BCUT2D eigenvalue weighted by Crippen LogP contribution is 2.15. The van der Waals surface area contributed by atoms with Crippen molar-refractivity contribution < 1.29 is 24.5 Å². The highest BCUT2D eigenvalue weighted by molar-refractivity contribution is 5.76. The van der Waals surface area contributed by atoms with E-state index in [1.54, 1.807) is 0 Å². The number of rotatable bonds is 44. The van der Waals surface area contributed by atoms with E-state index < -0.39 is 12.1 Å². The maximum Gasteiger partial charge on any atom is 0.305 e. The molecule has 6 heteroatoms. The van der Waals surface area contributed by atoms with Gasteiger partial charge in [-0.05, 0) is 77.0 Å². The standard InChI is InChI=1S/C50H93NO5/c1-3-5-7-9-11-13-14-20-24-28-32-36-40-44-50(55)56-45-41-37-33-29-25-22-19-17-15-16-18-21-23-27-31-35-39-43-49(54)51-47(46-52)48(53)42-38-34-30-26-12-10-8-6-4-2/h7,9,13-15,17,47-48,52-53H,3-6,8,10-12,16,18-46H2,1-2H3,(H,51,54)/b9-7-,14-13-,17-15-. The Hall–Kier alpha value is -1.92. The quantitative estimate of drug-likeness (QED) is 0.0325. The van der Waals surface area contributed by atoms with Crippen LogP contribution in [0.4, 0.5) is 0 Å². The van der Waals surface area contributed by atoms with Crippen LogP contribution in [0, 0.1) is 0 Å². The monoisotopic (exact) mass is 788 g/mol. The summed E-state index contributed by atoms with van der Waals surface area (Å²) in [6, 6.07) is -0.548.